The number of carboxylic acids is 1. The van der Waals surface area contributed by atoms with E-state index in [1.165, 1.54) is 10.9 Å². The quantitative estimate of drug-likeness (QED) is 0.704. The average Bonchev–Trinajstić information content (AvgIpc) is 2.68. The summed E-state index contributed by atoms with van der Waals surface area (Å²) in [6.45, 7) is 0. The Labute approximate surface area is 97.9 Å². The Morgan fingerprint density at radius 3 is 2.47 bits per heavy atom. The third-order valence-corrected chi connectivity index (χ3v) is 1.73. The summed E-state index contributed by atoms with van der Waals surface area (Å²) in [5.74, 6) is -1.08. The SMILES string of the molecule is O=C(O)c1cn(-c2ccccc2)nn1.[LiH]. The molecular weight excluding hydrogens is 189 g/mol. The number of carboxylic acid groups (broad SMARTS) is 1. The molecule has 2 aromatic rings. The summed E-state index contributed by atoms with van der Waals surface area (Å²) >= 11 is 0. The number of hydrogen-bond acceptors (Lipinski definition) is 3. The number of rotatable bonds is 2. The van der Waals surface area contributed by atoms with Crippen molar-refractivity contribution in [2.45, 2.75) is 0 Å². The van der Waals surface area contributed by atoms with Crippen molar-refractivity contribution in [3.05, 3.63) is 42.2 Å². The van der Waals surface area contributed by atoms with E-state index >= 15 is 0 Å². The van der Waals surface area contributed by atoms with Gasteiger partial charge < -0.3 is 5.11 Å². The molecular formula is C9H8LiN3O2. The van der Waals surface area contributed by atoms with E-state index < -0.39 is 5.97 Å². The van der Waals surface area contributed by atoms with Gasteiger partial charge in [-0.2, -0.15) is 0 Å². The number of hydrogen-bond donors (Lipinski definition) is 1. The molecule has 0 bridgehead atoms. The fourth-order valence-corrected chi connectivity index (χ4v) is 1.07. The number of aromatic carboxylic acids is 1. The molecule has 0 saturated carbocycles. The van der Waals surface area contributed by atoms with Gasteiger partial charge in [0, 0.05) is 0 Å². The van der Waals surface area contributed by atoms with Crippen LogP contribution in [0.25, 0.3) is 5.69 Å². The van der Waals surface area contributed by atoms with Crippen molar-refractivity contribution in [2.75, 3.05) is 0 Å². The normalized spacial score (nSPS) is 9.33. The predicted molar refractivity (Wildman–Crippen MR) is 55.5 cm³/mol. The maximum absolute atomic E-state index is 10.5. The Balaban J connectivity index is 0.00000112. The van der Waals surface area contributed by atoms with E-state index in [0.29, 0.717) is 0 Å². The minimum atomic E-state index is -1.08. The van der Waals surface area contributed by atoms with Gasteiger partial charge in [0.2, 0.25) is 0 Å². The van der Waals surface area contributed by atoms with E-state index in [-0.39, 0.29) is 24.6 Å². The van der Waals surface area contributed by atoms with Gasteiger partial charge in [-0.25, -0.2) is 9.48 Å². The molecule has 0 aliphatic carbocycles. The van der Waals surface area contributed by atoms with Gasteiger partial charge in [-0.05, 0) is 12.1 Å². The van der Waals surface area contributed by atoms with Crippen LogP contribution in [0.5, 0.6) is 0 Å². The van der Waals surface area contributed by atoms with Gasteiger partial charge in [0.1, 0.15) is 0 Å². The summed E-state index contributed by atoms with van der Waals surface area (Å²) in [6.07, 6.45) is 1.37. The molecule has 6 heteroatoms. The summed E-state index contributed by atoms with van der Waals surface area (Å²) in [5.41, 5.74) is 0.723. The van der Waals surface area contributed by atoms with Crippen LogP contribution in [0.3, 0.4) is 0 Å². The Bertz CT molecular complexity index is 455. The zero-order valence-electron chi connectivity index (χ0n) is 7.16. The number of nitrogens with zero attached hydrogens (tertiary/aromatic N) is 3. The molecule has 0 aliphatic rings. The van der Waals surface area contributed by atoms with Gasteiger partial charge in [0.25, 0.3) is 0 Å². The fourth-order valence-electron chi connectivity index (χ4n) is 1.07. The third-order valence-electron chi connectivity index (χ3n) is 1.73. The van der Waals surface area contributed by atoms with E-state index in [0.717, 1.165) is 5.69 Å². The second-order valence-corrected chi connectivity index (χ2v) is 2.69. The van der Waals surface area contributed by atoms with E-state index in [1.54, 1.807) is 0 Å². The van der Waals surface area contributed by atoms with Crippen LogP contribution in [-0.2, 0) is 0 Å². The maximum atomic E-state index is 10.5. The Kier molecular flexibility index (Phi) is 3.66. The Morgan fingerprint density at radius 2 is 1.93 bits per heavy atom. The monoisotopic (exact) mass is 197 g/mol. The van der Waals surface area contributed by atoms with Gasteiger partial charge in [0.15, 0.2) is 5.69 Å². The molecule has 0 aliphatic heterocycles. The van der Waals surface area contributed by atoms with Crippen molar-refractivity contribution < 1.29 is 9.90 Å². The van der Waals surface area contributed by atoms with Crippen LogP contribution in [0.1, 0.15) is 10.5 Å². The number of benzene rings is 1. The summed E-state index contributed by atoms with van der Waals surface area (Å²) in [6, 6.07) is 9.20. The van der Waals surface area contributed by atoms with Gasteiger partial charge in [-0.15, -0.1) is 5.10 Å². The van der Waals surface area contributed by atoms with Crippen molar-refractivity contribution in [1.82, 2.24) is 15.0 Å². The second-order valence-electron chi connectivity index (χ2n) is 2.69. The predicted octanol–water partition coefficient (Wildman–Crippen LogP) is 0.317. The van der Waals surface area contributed by atoms with Crippen molar-refractivity contribution >= 4 is 24.8 Å². The van der Waals surface area contributed by atoms with Crippen LogP contribution in [0.15, 0.2) is 36.5 Å². The summed E-state index contributed by atoms with van der Waals surface area (Å²) in [5, 5.41) is 15.8. The molecule has 0 spiro atoms. The number of carbonyl (C=O) groups is 1. The molecule has 1 heterocycles. The van der Waals surface area contributed by atoms with E-state index in [4.69, 9.17) is 5.11 Å². The van der Waals surface area contributed by atoms with Crippen LogP contribution >= 0.6 is 0 Å². The number of aromatic nitrogens is 3. The molecule has 0 saturated heterocycles. The summed E-state index contributed by atoms with van der Waals surface area (Å²) in [4.78, 5) is 10.5. The van der Waals surface area contributed by atoms with E-state index in [1.807, 2.05) is 30.3 Å². The molecule has 2 rings (SSSR count). The topological polar surface area (TPSA) is 68.0 Å². The van der Waals surface area contributed by atoms with Gasteiger partial charge in [-0.3, -0.25) is 0 Å². The zero-order chi connectivity index (χ0) is 9.97. The van der Waals surface area contributed by atoms with Crippen LogP contribution < -0.4 is 0 Å². The standard InChI is InChI=1S/C9H7N3O2.Li.H/c13-9(14)8-6-12(11-10-8)7-4-2-1-3-5-7;;/h1-6H,(H,13,14);;. The first-order valence-corrected chi connectivity index (χ1v) is 3.98. The molecule has 0 radical (unpaired) electrons. The first-order valence-electron chi connectivity index (χ1n) is 3.98. The molecule has 1 N–H and O–H groups in total. The Hall–Kier alpha value is -1.57. The van der Waals surface area contributed by atoms with Crippen molar-refractivity contribution in [3.8, 4) is 5.69 Å². The minimum absolute atomic E-state index is 0. The average molecular weight is 197 g/mol. The molecule has 0 amide bonds. The van der Waals surface area contributed by atoms with Crippen molar-refractivity contribution in [3.63, 3.8) is 0 Å². The summed E-state index contributed by atoms with van der Waals surface area (Å²) < 4.78 is 1.42. The molecule has 1 aromatic carbocycles. The molecule has 0 fully saturated rings. The number of para-hydroxylation sites is 1. The molecule has 15 heavy (non-hydrogen) atoms. The van der Waals surface area contributed by atoms with Crippen LogP contribution in [0.2, 0.25) is 0 Å². The van der Waals surface area contributed by atoms with E-state index in [9.17, 15) is 4.79 Å². The molecule has 1 aromatic heterocycles. The van der Waals surface area contributed by atoms with Gasteiger partial charge in [0.05, 0.1) is 11.9 Å². The second kappa shape index (κ2) is 4.78. The van der Waals surface area contributed by atoms with Crippen LogP contribution in [0.4, 0.5) is 0 Å². The molecule has 0 atom stereocenters. The van der Waals surface area contributed by atoms with Crippen LogP contribution in [-0.4, -0.2) is 44.9 Å². The third kappa shape index (κ3) is 2.46. The summed E-state index contributed by atoms with van der Waals surface area (Å²) in [7, 11) is 0. The van der Waals surface area contributed by atoms with Gasteiger partial charge in [-0.1, -0.05) is 23.4 Å². The molecule has 72 valence electrons. The zero-order valence-corrected chi connectivity index (χ0v) is 7.16. The van der Waals surface area contributed by atoms with Gasteiger partial charge >= 0.3 is 24.8 Å². The molecule has 0 unspecified atom stereocenters. The van der Waals surface area contributed by atoms with Crippen molar-refractivity contribution in [1.29, 1.82) is 0 Å². The first kappa shape index (κ1) is 11.5. The van der Waals surface area contributed by atoms with Crippen LogP contribution in [0, 0.1) is 0 Å². The van der Waals surface area contributed by atoms with Crippen molar-refractivity contribution in [2.24, 2.45) is 0 Å². The Morgan fingerprint density at radius 1 is 1.27 bits per heavy atom. The van der Waals surface area contributed by atoms with E-state index in [2.05, 4.69) is 10.3 Å². The first-order chi connectivity index (χ1) is 6.77. The fraction of sp³-hybridized carbons (Fsp3) is 0. The molecule has 5 nitrogen and oxygen atoms in total.